The van der Waals surface area contributed by atoms with Crippen molar-refractivity contribution in [3.63, 3.8) is 0 Å². The standard InChI is InChI=1S/C26H26ClNO5S/c1-16(28-24(29)13-21(26(32)33)14-25(30)31)23(12-17-2-8-22(27)9-3-17)19-6-4-18(5-7-19)20-10-11-34-15-20/h2-11,15-16,21,23H,12-14H2,1H3,(H,28,29)(H,30,31)(H,32,33). The molecule has 34 heavy (non-hydrogen) atoms. The molecule has 0 radical (unpaired) electrons. The Balaban J connectivity index is 1.79. The normalized spacial score (nSPS) is 13.6. The predicted molar refractivity (Wildman–Crippen MR) is 133 cm³/mol. The average molecular weight is 500 g/mol. The Kier molecular flexibility index (Phi) is 8.85. The predicted octanol–water partition coefficient (Wildman–Crippen LogP) is 5.47. The molecule has 0 spiro atoms. The first-order valence-corrected chi connectivity index (χ1v) is 12.2. The molecule has 1 amide bonds. The first kappa shape index (κ1) is 25.5. The molecule has 0 aliphatic carbocycles. The molecule has 3 rings (SSSR count). The van der Waals surface area contributed by atoms with Gasteiger partial charge in [0.15, 0.2) is 0 Å². The number of rotatable bonds is 11. The van der Waals surface area contributed by atoms with Crippen LogP contribution in [0.25, 0.3) is 11.1 Å². The quantitative estimate of drug-likeness (QED) is 0.325. The van der Waals surface area contributed by atoms with Gasteiger partial charge in [-0.3, -0.25) is 14.4 Å². The highest BCUT2D eigenvalue weighted by Crippen LogP contribution is 2.29. The summed E-state index contributed by atoms with van der Waals surface area (Å²) >= 11 is 7.66. The molecule has 0 fully saturated rings. The summed E-state index contributed by atoms with van der Waals surface area (Å²) in [6.45, 7) is 1.87. The van der Waals surface area contributed by atoms with E-state index in [0.717, 1.165) is 22.3 Å². The van der Waals surface area contributed by atoms with Crippen LogP contribution < -0.4 is 5.32 Å². The maximum Gasteiger partial charge on any atom is 0.307 e. The molecule has 6 nitrogen and oxygen atoms in total. The second-order valence-electron chi connectivity index (χ2n) is 8.26. The lowest BCUT2D eigenvalue weighted by molar-refractivity contribution is -0.149. The minimum Gasteiger partial charge on any atom is -0.481 e. The summed E-state index contributed by atoms with van der Waals surface area (Å²) in [6.07, 6.45) is -0.361. The largest absolute Gasteiger partial charge is 0.481 e. The van der Waals surface area contributed by atoms with Gasteiger partial charge >= 0.3 is 11.9 Å². The van der Waals surface area contributed by atoms with Gasteiger partial charge in [-0.25, -0.2) is 0 Å². The van der Waals surface area contributed by atoms with Gasteiger partial charge in [-0.2, -0.15) is 11.3 Å². The second kappa shape index (κ2) is 11.8. The van der Waals surface area contributed by atoms with Gasteiger partial charge in [0.05, 0.1) is 12.3 Å². The van der Waals surface area contributed by atoms with E-state index in [9.17, 15) is 19.5 Å². The molecule has 1 aromatic heterocycles. The van der Waals surface area contributed by atoms with Crippen molar-refractivity contribution in [2.45, 2.75) is 38.1 Å². The minimum atomic E-state index is -1.30. The van der Waals surface area contributed by atoms with Crippen LogP contribution in [-0.2, 0) is 20.8 Å². The van der Waals surface area contributed by atoms with Crippen molar-refractivity contribution in [3.8, 4) is 11.1 Å². The molecular formula is C26H26ClNO5S. The topological polar surface area (TPSA) is 104 Å². The number of benzene rings is 2. The highest BCUT2D eigenvalue weighted by Gasteiger charge is 2.27. The Morgan fingerprint density at radius 3 is 2.18 bits per heavy atom. The van der Waals surface area contributed by atoms with Crippen LogP contribution in [0.1, 0.15) is 36.8 Å². The van der Waals surface area contributed by atoms with E-state index >= 15 is 0 Å². The molecule has 0 saturated heterocycles. The van der Waals surface area contributed by atoms with Crippen molar-refractivity contribution in [2.24, 2.45) is 5.92 Å². The monoisotopic (exact) mass is 499 g/mol. The number of thiophene rings is 1. The summed E-state index contributed by atoms with van der Waals surface area (Å²) in [5.74, 6) is -4.41. The molecule has 2 aromatic carbocycles. The highest BCUT2D eigenvalue weighted by molar-refractivity contribution is 7.08. The number of amides is 1. The van der Waals surface area contributed by atoms with Crippen LogP contribution in [0.15, 0.2) is 65.4 Å². The molecule has 3 N–H and O–H groups in total. The number of nitrogens with one attached hydrogen (secondary N) is 1. The third-order valence-corrected chi connectivity index (χ3v) is 6.69. The van der Waals surface area contributed by atoms with Gasteiger partial charge in [-0.15, -0.1) is 0 Å². The minimum absolute atomic E-state index is 0.0931. The molecule has 178 valence electrons. The Hall–Kier alpha value is -3.16. The van der Waals surface area contributed by atoms with Gasteiger partial charge in [0, 0.05) is 23.4 Å². The molecule has 0 saturated carbocycles. The van der Waals surface area contributed by atoms with Crippen LogP contribution in [0.5, 0.6) is 0 Å². The smallest absolute Gasteiger partial charge is 0.307 e. The fourth-order valence-electron chi connectivity index (χ4n) is 3.90. The van der Waals surface area contributed by atoms with Crippen molar-refractivity contribution in [2.75, 3.05) is 0 Å². The first-order valence-electron chi connectivity index (χ1n) is 10.8. The molecular weight excluding hydrogens is 474 g/mol. The SMILES string of the molecule is CC(NC(=O)CC(CC(=O)O)C(=O)O)C(Cc1ccc(Cl)cc1)c1ccc(-c2ccsc2)cc1. The van der Waals surface area contributed by atoms with Gasteiger partial charge in [0.1, 0.15) is 0 Å². The number of halogens is 1. The lowest BCUT2D eigenvalue weighted by atomic mass is 9.85. The van der Waals surface area contributed by atoms with Crippen LogP contribution in [0.2, 0.25) is 5.02 Å². The Bertz CT molecular complexity index is 1110. The van der Waals surface area contributed by atoms with E-state index in [-0.39, 0.29) is 12.0 Å². The fraction of sp³-hybridized carbons (Fsp3) is 0.269. The third-order valence-electron chi connectivity index (χ3n) is 5.76. The van der Waals surface area contributed by atoms with Gasteiger partial charge in [-0.05, 0) is 64.6 Å². The van der Waals surface area contributed by atoms with E-state index in [1.807, 2.05) is 60.8 Å². The van der Waals surface area contributed by atoms with E-state index in [2.05, 4.69) is 16.8 Å². The zero-order valence-electron chi connectivity index (χ0n) is 18.6. The Labute approximate surface area is 207 Å². The van der Waals surface area contributed by atoms with E-state index in [4.69, 9.17) is 16.7 Å². The second-order valence-corrected chi connectivity index (χ2v) is 9.48. The van der Waals surface area contributed by atoms with Gasteiger partial charge < -0.3 is 15.5 Å². The van der Waals surface area contributed by atoms with Gasteiger partial charge in [-0.1, -0.05) is 48.0 Å². The summed E-state index contributed by atoms with van der Waals surface area (Å²) in [5.41, 5.74) is 4.32. The number of aliphatic carboxylic acids is 2. The number of carbonyl (C=O) groups excluding carboxylic acids is 1. The van der Waals surface area contributed by atoms with E-state index in [0.29, 0.717) is 11.4 Å². The molecule has 8 heteroatoms. The van der Waals surface area contributed by atoms with Crippen molar-refractivity contribution in [1.82, 2.24) is 5.32 Å². The molecule has 0 aliphatic rings. The van der Waals surface area contributed by atoms with Crippen LogP contribution in [0.3, 0.4) is 0 Å². The molecule has 0 bridgehead atoms. The van der Waals surface area contributed by atoms with Crippen LogP contribution in [0.4, 0.5) is 0 Å². The van der Waals surface area contributed by atoms with Crippen molar-refractivity contribution in [1.29, 1.82) is 0 Å². The lowest BCUT2D eigenvalue weighted by Crippen LogP contribution is -2.39. The molecule has 3 unspecified atom stereocenters. The summed E-state index contributed by atoms with van der Waals surface area (Å²) in [4.78, 5) is 34.9. The molecule has 3 atom stereocenters. The number of hydrogen-bond acceptors (Lipinski definition) is 4. The first-order chi connectivity index (χ1) is 16.2. The lowest BCUT2D eigenvalue weighted by Gasteiger charge is -2.26. The van der Waals surface area contributed by atoms with Crippen molar-refractivity contribution >= 4 is 40.8 Å². The Morgan fingerprint density at radius 2 is 1.62 bits per heavy atom. The van der Waals surface area contributed by atoms with Gasteiger partial charge in [0.25, 0.3) is 0 Å². The average Bonchev–Trinajstić information content (AvgIpc) is 3.33. The maximum atomic E-state index is 12.6. The molecule has 3 aromatic rings. The van der Waals surface area contributed by atoms with Crippen LogP contribution >= 0.6 is 22.9 Å². The van der Waals surface area contributed by atoms with E-state index in [1.54, 1.807) is 11.3 Å². The summed E-state index contributed by atoms with van der Waals surface area (Å²) in [7, 11) is 0. The van der Waals surface area contributed by atoms with Gasteiger partial charge in [0.2, 0.25) is 5.91 Å². The fourth-order valence-corrected chi connectivity index (χ4v) is 4.70. The Morgan fingerprint density at radius 1 is 0.941 bits per heavy atom. The van der Waals surface area contributed by atoms with Crippen molar-refractivity contribution < 1.29 is 24.6 Å². The van der Waals surface area contributed by atoms with Crippen molar-refractivity contribution in [3.05, 3.63) is 81.5 Å². The van der Waals surface area contributed by atoms with E-state index in [1.165, 1.54) is 0 Å². The van der Waals surface area contributed by atoms with Crippen LogP contribution in [0, 0.1) is 5.92 Å². The molecule has 1 heterocycles. The zero-order chi connectivity index (χ0) is 24.7. The number of hydrogen-bond donors (Lipinski definition) is 3. The van der Waals surface area contributed by atoms with E-state index < -0.39 is 36.6 Å². The number of carboxylic acid groups (broad SMARTS) is 2. The highest BCUT2D eigenvalue weighted by atomic mass is 35.5. The summed E-state index contributed by atoms with van der Waals surface area (Å²) in [6, 6.07) is 17.4. The molecule has 0 aliphatic heterocycles. The third kappa shape index (κ3) is 7.17. The maximum absolute atomic E-state index is 12.6. The summed E-state index contributed by atoms with van der Waals surface area (Å²) < 4.78 is 0. The van der Waals surface area contributed by atoms with Crippen LogP contribution in [-0.4, -0.2) is 34.1 Å². The number of carbonyl (C=O) groups is 3. The number of carboxylic acids is 2. The summed E-state index contributed by atoms with van der Waals surface area (Å²) in [5, 5.41) is 25.8. The zero-order valence-corrected chi connectivity index (χ0v) is 20.2.